The van der Waals surface area contributed by atoms with E-state index in [2.05, 4.69) is 19.9 Å². The molecule has 0 radical (unpaired) electrons. The maximum Gasteiger partial charge on any atom is 0.230 e. The minimum atomic E-state index is -0.539. The maximum absolute atomic E-state index is 15.0. The fraction of sp³-hybridized carbons (Fsp3) is 0.333. The van der Waals surface area contributed by atoms with Gasteiger partial charge in [0.25, 0.3) is 0 Å². The van der Waals surface area contributed by atoms with Crippen LogP contribution in [0.15, 0.2) is 30.7 Å². The predicted molar refractivity (Wildman–Crippen MR) is 124 cm³/mol. The summed E-state index contributed by atoms with van der Waals surface area (Å²) in [5.41, 5.74) is 1.74. The third-order valence-corrected chi connectivity index (χ3v) is 5.72. The van der Waals surface area contributed by atoms with Gasteiger partial charge in [-0.1, -0.05) is 0 Å². The number of H-pyrrole nitrogens is 1. The fourth-order valence-corrected chi connectivity index (χ4v) is 3.95. The molecule has 10 nitrogen and oxygen atoms in total. The Kier molecular flexibility index (Phi) is 6.32. The molecule has 0 spiro atoms. The normalized spacial score (nSPS) is 13.9. The molecule has 11 heteroatoms. The molecular formula is C24H24FN5O5. The van der Waals surface area contributed by atoms with Crippen molar-refractivity contribution in [3.05, 3.63) is 42.2 Å². The lowest BCUT2D eigenvalue weighted by Gasteiger charge is -2.26. The van der Waals surface area contributed by atoms with E-state index in [0.29, 0.717) is 59.7 Å². The summed E-state index contributed by atoms with van der Waals surface area (Å²) in [4.78, 5) is 29.8. The van der Waals surface area contributed by atoms with Gasteiger partial charge < -0.3 is 28.8 Å². The zero-order chi connectivity index (χ0) is 24.4. The molecule has 0 atom stereocenters. The minimum absolute atomic E-state index is 0.0105. The van der Waals surface area contributed by atoms with Crippen molar-refractivity contribution in [3.63, 3.8) is 0 Å². The Morgan fingerprint density at radius 3 is 2.74 bits per heavy atom. The van der Waals surface area contributed by atoms with Crippen LogP contribution in [0.3, 0.4) is 0 Å². The first-order chi connectivity index (χ1) is 17.0. The number of nitrogens with zero attached hydrogens (tertiary/aromatic N) is 4. The number of ether oxygens (including phenoxy) is 4. The summed E-state index contributed by atoms with van der Waals surface area (Å²) in [5, 5.41) is 0.837. The Hall–Kier alpha value is -3.99. The highest BCUT2D eigenvalue weighted by molar-refractivity contribution is 5.87. The number of carbonyl (C=O) groups excluding carboxylic acids is 1. The van der Waals surface area contributed by atoms with Crippen molar-refractivity contribution in [1.82, 2.24) is 24.8 Å². The molecule has 4 aromatic rings. The second-order valence-electron chi connectivity index (χ2n) is 8.04. The first kappa shape index (κ1) is 22.8. The quantitative estimate of drug-likeness (QED) is 0.428. The van der Waals surface area contributed by atoms with E-state index in [9.17, 15) is 4.79 Å². The number of morpholine rings is 1. The van der Waals surface area contributed by atoms with Gasteiger partial charge in [0, 0.05) is 24.8 Å². The number of amides is 1. The highest BCUT2D eigenvalue weighted by atomic mass is 19.1. The number of aryl methyl sites for hydroxylation is 1. The lowest BCUT2D eigenvalue weighted by Crippen LogP contribution is -2.41. The molecular weight excluding hydrogens is 457 g/mol. The number of hydrogen-bond donors (Lipinski definition) is 1. The van der Waals surface area contributed by atoms with Crippen LogP contribution in [0, 0.1) is 12.7 Å². The summed E-state index contributed by atoms with van der Waals surface area (Å²) in [6, 6.07) is 5.00. The predicted octanol–water partition coefficient (Wildman–Crippen LogP) is 3.38. The lowest BCUT2D eigenvalue weighted by molar-refractivity contribution is -0.135. The third kappa shape index (κ3) is 4.67. The molecule has 1 amide bonds. The Bertz CT molecular complexity index is 1390. The number of aromatic amines is 1. The fourth-order valence-electron chi connectivity index (χ4n) is 3.95. The zero-order valence-corrected chi connectivity index (χ0v) is 19.3. The average molecular weight is 481 g/mol. The van der Waals surface area contributed by atoms with Crippen molar-refractivity contribution >= 4 is 27.8 Å². The van der Waals surface area contributed by atoms with Crippen LogP contribution in [0.25, 0.3) is 21.9 Å². The minimum Gasteiger partial charge on any atom is -0.493 e. The van der Waals surface area contributed by atoms with Crippen LogP contribution in [0.1, 0.15) is 12.1 Å². The van der Waals surface area contributed by atoms with E-state index in [1.165, 1.54) is 19.6 Å². The monoisotopic (exact) mass is 481 g/mol. The van der Waals surface area contributed by atoms with Crippen molar-refractivity contribution in [2.45, 2.75) is 13.3 Å². The lowest BCUT2D eigenvalue weighted by atomic mass is 10.2. The van der Waals surface area contributed by atoms with E-state index in [1.807, 2.05) is 6.92 Å². The third-order valence-electron chi connectivity index (χ3n) is 5.72. The van der Waals surface area contributed by atoms with Gasteiger partial charge in [-0.15, -0.1) is 0 Å². The topological polar surface area (TPSA) is 112 Å². The van der Waals surface area contributed by atoms with Crippen LogP contribution < -0.4 is 14.2 Å². The molecule has 0 aliphatic carbocycles. The summed E-state index contributed by atoms with van der Waals surface area (Å²) in [6.45, 7) is 4.28. The number of nitrogens with one attached hydrogen (secondary N) is 1. The smallest absolute Gasteiger partial charge is 0.230 e. The number of pyridine rings is 1. The molecule has 0 saturated carbocycles. The number of hydrogen-bond acceptors (Lipinski definition) is 8. The van der Waals surface area contributed by atoms with Gasteiger partial charge in [0.2, 0.25) is 11.8 Å². The highest BCUT2D eigenvalue weighted by Crippen LogP contribution is 2.37. The number of benzene rings is 1. The molecule has 35 heavy (non-hydrogen) atoms. The second kappa shape index (κ2) is 9.71. The maximum atomic E-state index is 15.0. The van der Waals surface area contributed by atoms with Gasteiger partial charge in [0.05, 0.1) is 55.8 Å². The van der Waals surface area contributed by atoms with Gasteiger partial charge in [-0.2, -0.15) is 0 Å². The van der Waals surface area contributed by atoms with E-state index < -0.39 is 5.82 Å². The van der Waals surface area contributed by atoms with Crippen molar-refractivity contribution < 1.29 is 28.1 Å². The first-order valence-corrected chi connectivity index (χ1v) is 11.2. The van der Waals surface area contributed by atoms with Crippen molar-refractivity contribution in [2.24, 2.45) is 0 Å². The standard InChI is InChI=1S/C24H24FN5O5/c1-14-9-16-22(25)20(12-26-23(16)29-14)35-24-15-10-18(32-2)19(11-17(15)27-13-28-24)34-6-3-21(31)30-4-7-33-8-5-30/h9-13H,3-8H2,1-2H3,(H,26,29). The van der Waals surface area contributed by atoms with Gasteiger partial charge >= 0.3 is 0 Å². The van der Waals surface area contributed by atoms with E-state index in [1.54, 1.807) is 23.1 Å². The Morgan fingerprint density at radius 2 is 1.94 bits per heavy atom. The summed E-state index contributed by atoms with van der Waals surface area (Å²) >= 11 is 0. The van der Waals surface area contributed by atoms with Gasteiger partial charge in [-0.05, 0) is 19.1 Å². The molecule has 1 N–H and O–H groups in total. The van der Waals surface area contributed by atoms with Crippen molar-refractivity contribution in [1.29, 1.82) is 0 Å². The second-order valence-corrected chi connectivity index (χ2v) is 8.04. The molecule has 1 saturated heterocycles. The van der Waals surface area contributed by atoms with Crippen LogP contribution in [0.5, 0.6) is 23.1 Å². The van der Waals surface area contributed by atoms with Crippen LogP contribution in [0.2, 0.25) is 0 Å². The zero-order valence-electron chi connectivity index (χ0n) is 19.3. The van der Waals surface area contributed by atoms with Crippen LogP contribution in [-0.2, 0) is 9.53 Å². The number of methoxy groups -OCH3 is 1. The van der Waals surface area contributed by atoms with E-state index in [4.69, 9.17) is 18.9 Å². The molecule has 3 aromatic heterocycles. The molecule has 0 unspecified atom stereocenters. The number of halogens is 1. The molecule has 4 heterocycles. The van der Waals surface area contributed by atoms with Gasteiger partial charge in [0.15, 0.2) is 23.1 Å². The van der Waals surface area contributed by atoms with Crippen molar-refractivity contribution in [3.8, 4) is 23.1 Å². The SMILES string of the molecule is COc1cc2c(Oc3cnc4[nH]c(C)cc4c3F)ncnc2cc1OCCC(=O)N1CCOCC1. The Balaban J connectivity index is 1.36. The average Bonchev–Trinajstić information content (AvgIpc) is 3.27. The molecule has 1 aliphatic heterocycles. The Labute approximate surface area is 200 Å². The summed E-state index contributed by atoms with van der Waals surface area (Å²) in [6.07, 6.45) is 2.86. The van der Waals surface area contributed by atoms with Gasteiger partial charge in [-0.25, -0.2) is 19.3 Å². The van der Waals surface area contributed by atoms with E-state index in [-0.39, 0.29) is 30.6 Å². The number of carbonyl (C=O) groups is 1. The molecule has 182 valence electrons. The largest absolute Gasteiger partial charge is 0.493 e. The van der Waals surface area contributed by atoms with E-state index >= 15 is 4.39 Å². The summed E-state index contributed by atoms with van der Waals surface area (Å²) in [5.74, 6) is 0.397. The molecule has 5 rings (SSSR count). The molecule has 0 bridgehead atoms. The Morgan fingerprint density at radius 1 is 1.11 bits per heavy atom. The van der Waals surface area contributed by atoms with Gasteiger partial charge in [-0.3, -0.25) is 4.79 Å². The van der Waals surface area contributed by atoms with Crippen LogP contribution >= 0.6 is 0 Å². The van der Waals surface area contributed by atoms with Crippen LogP contribution in [-0.4, -0.2) is 70.8 Å². The molecule has 1 aliphatic rings. The summed E-state index contributed by atoms with van der Waals surface area (Å²) in [7, 11) is 1.50. The number of fused-ring (bicyclic) bond motifs is 2. The molecule has 1 aromatic carbocycles. The summed E-state index contributed by atoms with van der Waals surface area (Å²) < 4.78 is 37.4. The highest BCUT2D eigenvalue weighted by Gasteiger charge is 2.19. The van der Waals surface area contributed by atoms with Crippen LogP contribution in [0.4, 0.5) is 4.39 Å². The number of aromatic nitrogens is 4. The molecule has 1 fully saturated rings. The van der Waals surface area contributed by atoms with Crippen molar-refractivity contribution in [2.75, 3.05) is 40.0 Å². The van der Waals surface area contributed by atoms with E-state index in [0.717, 1.165) is 5.69 Å². The first-order valence-electron chi connectivity index (χ1n) is 11.2. The van der Waals surface area contributed by atoms with Gasteiger partial charge in [0.1, 0.15) is 12.0 Å². The number of rotatable bonds is 7.